The summed E-state index contributed by atoms with van der Waals surface area (Å²) < 4.78 is 45.8. The molecule has 17 heteroatoms. The molecule has 344 valence electrons. The maximum absolute atomic E-state index is 14.4. The number of carbonyl (C=O) groups excluding carboxylic acids is 3. The fourth-order valence-electron chi connectivity index (χ4n) is 10.1. The third kappa shape index (κ3) is 10.2. The van der Waals surface area contributed by atoms with Gasteiger partial charge in [0.1, 0.15) is 18.8 Å². The number of cyclic esters (lactones) is 1. The van der Waals surface area contributed by atoms with Crippen molar-refractivity contribution in [3.63, 3.8) is 0 Å². The molecule has 1 aromatic carbocycles. The van der Waals surface area contributed by atoms with Crippen LogP contribution < -0.4 is 16.4 Å². The second kappa shape index (κ2) is 19.5. The van der Waals surface area contributed by atoms with Crippen LogP contribution in [0.15, 0.2) is 42.0 Å². The van der Waals surface area contributed by atoms with Gasteiger partial charge in [-0.25, -0.2) is 14.6 Å². The molecule has 4 saturated heterocycles. The Balaban J connectivity index is 1.37. The number of rotatable bonds is 8. The molecule has 16 nitrogen and oxygen atoms in total. The average Bonchev–Trinajstić information content (AvgIpc) is 3.76. The maximum Gasteiger partial charge on any atom is 0.408 e. The van der Waals surface area contributed by atoms with E-state index in [4.69, 9.17) is 38.9 Å². The van der Waals surface area contributed by atoms with Gasteiger partial charge >= 0.3 is 18.2 Å². The number of thiazole rings is 1. The fourth-order valence-corrected chi connectivity index (χ4v) is 10.9. The molecule has 14 atom stereocenters. The van der Waals surface area contributed by atoms with E-state index in [0.29, 0.717) is 30.0 Å². The van der Waals surface area contributed by atoms with Gasteiger partial charge in [-0.1, -0.05) is 57.3 Å². The smallest absolute Gasteiger partial charge is 0.408 e. The summed E-state index contributed by atoms with van der Waals surface area (Å²) >= 11 is 1.38. The van der Waals surface area contributed by atoms with E-state index < -0.39 is 83.9 Å². The number of aliphatic hydroxyl groups is 1. The molecule has 6 rings (SSSR count). The van der Waals surface area contributed by atoms with Crippen molar-refractivity contribution >= 4 is 44.8 Å². The van der Waals surface area contributed by atoms with Crippen molar-refractivity contribution in [2.75, 3.05) is 39.6 Å². The zero-order chi connectivity index (χ0) is 45.3. The number of hydrogen-bond acceptors (Lipinski definition) is 15. The van der Waals surface area contributed by atoms with Crippen LogP contribution in [0.3, 0.4) is 0 Å². The van der Waals surface area contributed by atoms with E-state index in [1.54, 1.807) is 13.8 Å². The lowest BCUT2D eigenvalue weighted by atomic mass is 9.71. The molecule has 4 aliphatic heterocycles. The minimum absolute atomic E-state index is 0.0885. The van der Waals surface area contributed by atoms with Crippen LogP contribution in [0.4, 0.5) is 14.7 Å². The number of anilines is 1. The Kier molecular flexibility index (Phi) is 15.0. The van der Waals surface area contributed by atoms with Crippen LogP contribution in [0.5, 0.6) is 0 Å². The second-order valence-corrected chi connectivity index (χ2v) is 19.4. The van der Waals surface area contributed by atoms with Crippen LogP contribution in [0.25, 0.3) is 10.2 Å². The summed E-state index contributed by atoms with van der Waals surface area (Å²) in [5.74, 6) is -2.56. The maximum atomic E-state index is 14.4. The molecule has 1 aromatic heterocycles. The topological polar surface area (TPSA) is 202 Å². The van der Waals surface area contributed by atoms with Gasteiger partial charge in [-0.2, -0.15) is 0 Å². The van der Waals surface area contributed by atoms with E-state index in [1.165, 1.54) is 11.3 Å². The number of amides is 2. The fraction of sp³-hybridized carbons (Fsp3) is 0.689. The largest absolute Gasteiger partial charge is 0.458 e. The normalized spacial score (nSPS) is 38.0. The Bertz CT molecular complexity index is 1980. The summed E-state index contributed by atoms with van der Waals surface area (Å²) in [5.41, 5.74) is 6.68. The van der Waals surface area contributed by atoms with Gasteiger partial charge in [0.2, 0.25) is 0 Å². The zero-order valence-electron chi connectivity index (χ0n) is 37.8. The summed E-state index contributed by atoms with van der Waals surface area (Å²) in [6.45, 7) is 20.0. The summed E-state index contributed by atoms with van der Waals surface area (Å²) in [6, 6.07) is 4.78. The van der Waals surface area contributed by atoms with Crippen LogP contribution in [-0.2, 0) is 44.5 Å². The van der Waals surface area contributed by atoms with Crippen molar-refractivity contribution in [1.29, 1.82) is 0 Å². The van der Waals surface area contributed by atoms with Crippen molar-refractivity contribution in [2.45, 2.75) is 141 Å². The van der Waals surface area contributed by atoms with Crippen molar-refractivity contribution in [2.24, 2.45) is 23.7 Å². The first-order valence-corrected chi connectivity index (χ1v) is 22.6. The Hall–Kier alpha value is -3.84. The van der Waals surface area contributed by atoms with E-state index in [2.05, 4.69) is 29.1 Å². The van der Waals surface area contributed by atoms with Crippen molar-refractivity contribution < 1.29 is 52.6 Å². The molecule has 2 amide bonds. The lowest BCUT2D eigenvalue weighted by Crippen LogP contribution is -2.60. The minimum Gasteiger partial charge on any atom is -0.458 e. The number of hydrogen-bond donors (Lipinski definition) is 4. The van der Waals surface area contributed by atoms with Crippen LogP contribution in [-0.4, -0.2) is 127 Å². The predicted molar refractivity (Wildman–Crippen MR) is 234 cm³/mol. The summed E-state index contributed by atoms with van der Waals surface area (Å²) in [7, 11) is 3.84. The number of alkyl carbamates (subject to hydrolysis) is 2. The number of benzene rings is 1. The second-order valence-electron chi connectivity index (χ2n) is 18.3. The lowest BCUT2D eigenvalue weighted by Gasteiger charge is -2.49. The SMILES string of the molecule is C=C1COC2[C@@H](C)C(=O)O[C@H](CC)[C@@]3(C)OC(=O)NC3[C@@H](C)/C(=C/COC(=O)NCc3ccc4nc(N)sc4c3)[C@H](C)C[C@@](C)(OC1)[C@H](OC1O[C@H](C)C[C@H](N(C)C)[C@H]1O)[C@H]2C. The predicted octanol–water partition coefficient (Wildman–Crippen LogP) is 5.71. The first-order chi connectivity index (χ1) is 29.2. The molecule has 5 heterocycles. The van der Waals surface area contributed by atoms with Gasteiger partial charge in [0.25, 0.3) is 0 Å². The van der Waals surface area contributed by atoms with Crippen molar-refractivity contribution in [3.8, 4) is 0 Å². The summed E-state index contributed by atoms with van der Waals surface area (Å²) in [4.78, 5) is 47.0. The molecule has 4 aliphatic rings. The molecule has 0 spiro atoms. The summed E-state index contributed by atoms with van der Waals surface area (Å²) in [5, 5.41) is 18.1. The molecule has 0 radical (unpaired) electrons. The number of aromatic nitrogens is 1. The van der Waals surface area contributed by atoms with Crippen LogP contribution >= 0.6 is 11.3 Å². The van der Waals surface area contributed by atoms with Gasteiger partial charge in [0.05, 0.1) is 59.3 Å². The Morgan fingerprint density at radius 3 is 2.61 bits per heavy atom. The number of ether oxygens (including phenoxy) is 7. The number of esters is 1. The number of likely N-dealkylation sites (N-methyl/N-ethyl adjacent to an activating group) is 1. The standard InChI is InChI=1S/C45H67N5O11S/c1-12-34-45(9)37(49-43(54)61-45)26(5)30(15-16-55-42(53)47-20-29-13-14-31-33(18-29)62-41(46)48-31)24(3)19-44(8)38(60-40-35(51)32(50(10)11)17-25(4)58-40)27(6)36(28(7)39(52)59-34)56-21-23(2)22-57-44/h13-15,18,24-28,32,34-38,40,51H,2,12,16-17,19-22H2,1,3-11H3,(H2,46,48)(H,47,53)(H,49,54)/b30-15+/t24-,25-,26+,27+,28-,32+,34-,35-,36?,37?,38-,40?,44-,45-/m1/s1. The number of nitrogens with two attached hydrogens (primary N) is 1. The molecule has 0 saturated carbocycles. The highest BCUT2D eigenvalue weighted by molar-refractivity contribution is 7.22. The van der Waals surface area contributed by atoms with Gasteiger partial charge in [0.15, 0.2) is 17.0 Å². The van der Waals surface area contributed by atoms with Gasteiger partial charge < -0.3 is 59.5 Å². The quantitative estimate of drug-likeness (QED) is 0.143. The first-order valence-electron chi connectivity index (χ1n) is 21.8. The number of carbonyl (C=O) groups is 3. The Labute approximate surface area is 369 Å². The van der Waals surface area contributed by atoms with E-state index in [-0.39, 0.29) is 44.4 Å². The third-order valence-electron chi connectivity index (χ3n) is 13.3. The molecule has 2 aromatic rings. The highest BCUT2D eigenvalue weighted by Gasteiger charge is 2.57. The average molecular weight is 886 g/mol. The minimum atomic E-state index is -1.27. The molecule has 4 fully saturated rings. The van der Waals surface area contributed by atoms with Crippen molar-refractivity contribution in [3.05, 3.63) is 47.6 Å². The van der Waals surface area contributed by atoms with E-state index in [9.17, 15) is 19.5 Å². The molecular weight excluding hydrogens is 819 g/mol. The number of nitrogens with one attached hydrogen (secondary N) is 2. The van der Waals surface area contributed by atoms with E-state index >= 15 is 0 Å². The Morgan fingerprint density at radius 2 is 1.90 bits per heavy atom. The van der Waals surface area contributed by atoms with Crippen LogP contribution in [0, 0.1) is 23.7 Å². The molecule has 3 unspecified atom stereocenters. The lowest BCUT2D eigenvalue weighted by molar-refractivity contribution is -0.302. The first kappa shape index (κ1) is 47.6. The number of aliphatic hydroxyl groups excluding tert-OH is 1. The highest BCUT2D eigenvalue weighted by Crippen LogP contribution is 2.44. The van der Waals surface area contributed by atoms with Gasteiger partial charge in [-0.3, -0.25) is 4.79 Å². The van der Waals surface area contributed by atoms with E-state index in [1.807, 2.05) is 77.9 Å². The molecule has 2 bridgehead atoms. The Morgan fingerprint density at radius 1 is 1.16 bits per heavy atom. The third-order valence-corrected chi connectivity index (χ3v) is 14.2. The van der Waals surface area contributed by atoms with Crippen molar-refractivity contribution in [1.82, 2.24) is 20.5 Å². The highest BCUT2D eigenvalue weighted by atomic mass is 32.1. The molecular formula is C45H67N5O11S. The number of nitrogen functional groups attached to an aromatic ring is 1. The zero-order valence-corrected chi connectivity index (χ0v) is 38.6. The summed E-state index contributed by atoms with van der Waals surface area (Å²) in [6.07, 6.45) is -2.67. The number of fused-ring (bicyclic) bond motifs is 5. The van der Waals surface area contributed by atoms with Gasteiger partial charge in [-0.05, 0) is 96.3 Å². The van der Waals surface area contributed by atoms with E-state index in [0.717, 1.165) is 21.4 Å². The van der Waals surface area contributed by atoms with Gasteiger partial charge in [0, 0.05) is 24.4 Å². The molecule has 5 N–H and O–H groups in total. The van der Waals surface area contributed by atoms with Gasteiger partial charge in [-0.15, -0.1) is 0 Å². The van der Waals surface area contributed by atoms with Crippen LogP contribution in [0.1, 0.15) is 80.2 Å². The molecule has 0 aliphatic carbocycles. The van der Waals surface area contributed by atoms with Crippen LogP contribution in [0.2, 0.25) is 0 Å². The number of nitrogens with zero attached hydrogens (tertiary/aromatic N) is 2. The monoisotopic (exact) mass is 885 g/mol. The molecule has 62 heavy (non-hydrogen) atoms.